The van der Waals surface area contributed by atoms with Gasteiger partial charge in [-0.2, -0.15) is 0 Å². The van der Waals surface area contributed by atoms with Crippen molar-refractivity contribution in [1.29, 1.82) is 5.41 Å². The van der Waals surface area contributed by atoms with Crippen LogP contribution in [0.3, 0.4) is 0 Å². The number of rotatable bonds is 3. The van der Waals surface area contributed by atoms with Gasteiger partial charge in [-0.15, -0.1) is 0 Å². The second-order valence-corrected chi connectivity index (χ2v) is 3.11. The van der Waals surface area contributed by atoms with Crippen LogP contribution in [0.5, 0.6) is 0 Å². The molecule has 80 valence electrons. The van der Waals surface area contributed by atoms with Crippen molar-refractivity contribution in [3.05, 3.63) is 0 Å². The molecule has 2 amide bonds. The standard InChI is InChI=1S/C8H16N4O2/c9-7(10)1-2-11-8(13)12-3-5-14-6-4-12/h1-6H2,(H3,9,10)(H,11,13). The third kappa shape index (κ3) is 3.61. The molecule has 1 aliphatic rings. The Kier molecular flexibility index (Phi) is 4.18. The molecular weight excluding hydrogens is 184 g/mol. The second-order valence-electron chi connectivity index (χ2n) is 3.11. The first kappa shape index (κ1) is 10.8. The van der Waals surface area contributed by atoms with Gasteiger partial charge in [-0.1, -0.05) is 0 Å². The molecule has 0 spiro atoms. The first-order valence-corrected chi connectivity index (χ1v) is 4.63. The number of morpholine rings is 1. The van der Waals surface area contributed by atoms with E-state index in [9.17, 15) is 4.79 Å². The molecule has 0 aliphatic carbocycles. The fourth-order valence-electron chi connectivity index (χ4n) is 1.18. The van der Waals surface area contributed by atoms with Crippen LogP contribution in [0.2, 0.25) is 0 Å². The predicted molar refractivity (Wildman–Crippen MR) is 52.3 cm³/mol. The number of urea groups is 1. The Bertz CT molecular complexity index is 213. The summed E-state index contributed by atoms with van der Waals surface area (Å²) < 4.78 is 5.12. The molecule has 0 unspecified atom stereocenters. The van der Waals surface area contributed by atoms with Crippen molar-refractivity contribution >= 4 is 11.9 Å². The van der Waals surface area contributed by atoms with Gasteiger partial charge < -0.3 is 20.7 Å². The summed E-state index contributed by atoms with van der Waals surface area (Å²) in [6, 6.07) is -0.102. The highest BCUT2D eigenvalue weighted by molar-refractivity contribution is 5.78. The zero-order chi connectivity index (χ0) is 10.4. The van der Waals surface area contributed by atoms with E-state index in [1.807, 2.05) is 0 Å². The number of ether oxygens (including phenoxy) is 1. The van der Waals surface area contributed by atoms with E-state index in [1.54, 1.807) is 4.90 Å². The summed E-state index contributed by atoms with van der Waals surface area (Å²) in [7, 11) is 0. The van der Waals surface area contributed by atoms with Gasteiger partial charge in [0.1, 0.15) is 0 Å². The Morgan fingerprint density at radius 1 is 1.50 bits per heavy atom. The lowest BCUT2D eigenvalue weighted by molar-refractivity contribution is 0.0533. The summed E-state index contributed by atoms with van der Waals surface area (Å²) in [5.74, 6) is 0.0901. The molecule has 0 radical (unpaired) electrons. The first-order valence-electron chi connectivity index (χ1n) is 4.63. The Morgan fingerprint density at radius 3 is 2.71 bits per heavy atom. The fraction of sp³-hybridized carbons (Fsp3) is 0.750. The largest absolute Gasteiger partial charge is 0.388 e. The van der Waals surface area contributed by atoms with Crippen LogP contribution in [-0.4, -0.2) is 49.6 Å². The van der Waals surface area contributed by atoms with E-state index in [0.717, 1.165) is 0 Å². The van der Waals surface area contributed by atoms with E-state index in [1.165, 1.54) is 0 Å². The van der Waals surface area contributed by atoms with Gasteiger partial charge in [0.05, 0.1) is 19.0 Å². The lowest BCUT2D eigenvalue weighted by Crippen LogP contribution is -2.46. The minimum absolute atomic E-state index is 0.0901. The molecule has 6 nitrogen and oxygen atoms in total. The van der Waals surface area contributed by atoms with Gasteiger partial charge in [-0.3, -0.25) is 5.41 Å². The summed E-state index contributed by atoms with van der Waals surface area (Å²) in [6.07, 6.45) is 0.399. The molecule has 0 aromatic carbocycles. The molecule has 6 heteroatoms. The Balaban J connectivity index is 2.16. The van der Waals surface area contributed by atoms with Crippen LogP contribution in [0.15, 0.2) is 0 Å². The minimum atomic E-state index is -0.102. The highest BCUT2D eigenvalue weighted by Crippen LogP contribution is 1.96. The summed E-state index contributed by atoms with van der Waals surface area (Å²) in [6.45, 7) is 2.88. The smallest absolute Gasteiger partial charge is 0.317 e. The highest BCUT2D eigenvalue weighted by atomic mass is 16.5. The van der Waals surface area contributed by atoms with Crippen molar-refractivity contribution < 1.29 is 9.53 Å². The molecule has 0 aromatic heterocycles. The van der Waals surface area contributed by atoms with Crippen LogP contribution in [0, 0.1) is 5.41 Å². The number of amides is 2. The molecule has 0 atom stereocenters. The Hall–Kier alpha value is -1.30. The number of carbonyl (C=O) groups is 1. The average molecular weight is 200 g/mol. The molecule has 4 N–H and O–H groups in total. The fourth-order valence-corrected chi connectivity index (χ4v) is 1.18. The molecule has 0 saturated carbocycles. The van der Waals surface area contributed by atoms with Gasteiger partial charge in [0.15, 0.2) is 0 Å². The number of amidine groups is 1. The molecule has 1 rings (SSSR count). The molecule has 1 fully saturated rings. The van der Waals surface area contributed by atoms with Crippen LogP contribution in [0.25, 0.3) is 0 Å². The predicted octanol–water partition coefficient (Wildman–Crippen LogP) is -0.646. The molecule has 0 aromatic rings. The van der Waals surface area contributed by atoms with E-state index < -0.39 is 0 Å². The van der Waals surface area contributed by atoms with Crippen LogP contribution < -0.4 is 11.1 Å². The molecule has 14 heavy (non-hydrogen) atoms. The van der Waals surface area contributed by atoms with Crippen LogP contribution in [-0.2, 0) is 4.74 Å². The maximum atomic E-state index is 11.4. The summed E-state index contributed by atoms with van der Waals surface area (Å²) in [5.41, 5.74) is 5.16. The van der Waals surface area contributed by atoms with Crippen LogP contribution in [0.4, 0.5) is 4.79 Å². The zero-order valence-corrected chi connectivity index (χ0v) is 8.08. The van der Waals surface area contributed by atoms with Crippen molar-refractivity contribution in [3.8, 4) is 0 Å². The van der Waals surface area contributed by atoms with Gasteiger partial charge >= 0.3 is 6.03 Å². The summed E-state index contributed by atoms with van der Waals surface area (Å²) in [4.78, 5) is 13.1. The summed E-state index contributed by atoms with van der Waals surface area (Å²) >= 11 is 0. The van der Waals surface area contributed by atoms with Crippen molar-refractivity contribution in [2.24, 2.45) is 5.73 Å². The normalized spacial score (nSPS) is 16.4. The Labute approximate surface area is 82.9 Å². The zero-order valence-electron chi connectivity index (χ0n) is 8.08. The lowest BCUT2D eigenvalue weighted by atomic mass is 10.4. The second kappa shape index (κ2) is 5.43. The van der Waals surface area contributed by atoms with E-state index in [4.69, 9.17) is 15.9 Å². The Morgan fingerprint density at radius 2 is 2.14 bits per heavy atom. The van der Waals surface area contributed by atoms with Crippen molar-refractivity contribution in [2.45, 2.75) is 6.42 Å². The number of carbonyl (C=O) groups excluding carboxylic acids is 1. The van der Waals surface area contributed by atoms with Gasteiger partial charge in [-0.25, -0.2) is 4.79 Å². The SMILES string of the molecule is N=C(N)CCNC(=O)N1CCOCC1. The number of nitrogens with zero attached hydrogens (tertiary/aromatic N) is 1. The maximum absolute atomic E-state index is 11.4. The van der Waals surface area contributed by atoms with E-state index >= 15 is 0 Å². The number of nitrogens with two attached hydrogens (primary N) is 1. The van der Waals surface area contributed by atoms with Gasteiger partial charge in [-0.05, 0) is 0 Å². The quantitative estimate of drug-likeness (QED) is 0.418. The molecular formula is C8H16N4O2. The number of hydrogen-bond donors (Lipinski definition) is 3. The van der Waals surface area contributed by atoms with E-state index in [2.05, 4.69) is 5.32 Å². The van der Waals surface area contributed by atoms with Crippen molar-refractivity contribution in [3.63, 3.8) is 0 Å². The number of hydrogen-bond acceptors (Lipinski definition) is 3. The third-order valence-electron chi connectivity index (χ3n) is 1.97. The van der Waals surface area contributed by atoms with E-state index in [-0.39, 0.29) is 11.9 Å². The molecule has 1 saturated heterocycles. The average Bonchev–Trinajstić information content (AvgIpc) is 2.18. The van der Waals surface area contributed by atoms with Gasteiger partial charge in [0.2, 0.25) is 0 Å². The molecule has 1 heterocycles. The number of nitrogens with one attached hydrogen (secondary N) is 2. The molecule has 1 aliphatic heterocycles. The van der Waals surface area contributed by atoms with Crippen LogP contribution >= 0.6 is 0 Å². The van der Waals surface area contributed by atoms with Crippen molar-refractivity contribution in [1.82, 2.24) is 10.2 Å². The van der Waals surface area contributed by atoms with Crippen LogP contribution in [0.1, 0.15) is 6.42 Å². The first-order chi connectivity index (χ1) is 6.70. The van der Waals surface area contributed by atoms with E-state index in [0.29, 0.717) is 39.3 Å². The third-order valence-corrected chi connectivity index (χ3v) is 1.97. The minimum Gasteiger partial charge on any atom is -0.388 e. The lowest BCUT2D eigenvalue weighted by Gasteiger charge is -2.26. The monoisotopic (exact) mass is 200 g/mol. The van der Waals surface area contributed by atoms with Gasteiger partial charge in [0.25, 0.3) is 0 Å². The van der Waals surface area contributed by atoms with Gasteiger partial charge in [0, 0.05) is 26.1 Å². The topological polar surface area (TPSA) is 91.4 Å². The highest BCUT2D eigenvalue weighted by Gasteiger charge is 2.15. The summed E-state index contributed by atoms with van der Waals surface area (Å²) in [5, 5.41) is 9.67. The van der Waals surface area contributed by atoms with Crippen molar-refractivity contribution in [2.75, 3.05) is 32.8 Å². The maximum Gasteiger partial charge on any atom is 0.317 e. The molecule has 0 bridgehead atoms.